The molecule has 1 aromatic carbocycles. The van der Waals surface area contributed by atoms with Gasteiger partial charge < -0.3 is 5.73 Å². The predicted octanol–water partition coefficient (Wildman–Crippen LogP) is 3.60. The SMILES string of the molecule is CC(C)CC(C)(CN)NS(=O)(=O)Cc1ccc(Cl)c(Cl)c1.Cl. The summed E-state index contributed by atoms with van der Waals surface area (Å²) in [5.74, 6) is 0.184. The van der Waals surface area contributed by atoms with Crippen LogP contribution in [-0.4, -0.2) is 20.5 Å². The number of sulfonamides is 1. The van der Waals surface area contributed by atoms with Crippen LogP contribution in [0.15, 0.2) is 18.2 Å². The van der Waals surface area contributed by atoms with Gasteiger partial charge in [0.25, 0.3) is 0 Å². The van der Waals surface area contributed by atoms with Gasteiger partial charge in [0.2, 0.25) is 10.0 Å². The maximum absolute atomic E-state index is 12.3. The van der Waals surface area contributed by atoms with Crippen LogP contribution in [0.4, 0.5) is 0 Å². The summed E-state index contributed by atoms with van der Waals surface area (Å²) in [6.45, 7) is 6.12. The number of rotatable bonds is 7. The Morgan fingerprint density at radius 3 is 2.32 bits per heavy atom. The number of benzene rings is 1. The van der Waals surface area contributed by atoms with E-state index < -0.39 is 15.6 Å². The summed E-state index contributed by atoms with van der Waals surface area (Å²) < 4.78 is 27.3. The minimum Gasteiger partial charge on any atom is -0.329 e. The molecule has 0 aliphatic rings. The van der Waals surface area contributed by atoms with E-state index in [0.29, 0.717) is 27.9 Å². The Kier molecular flexibility index (Phi) is 8.70. The maximum Gasteiger partial charge on any atom is 0.216 e. The molecule has 128 valence electrons. The second kappa shape index (κ2) is 8.71. The molecule has 1 unspecified atom stereocenters. The molecule has 0 spiro atoms. The van der Waals surface area contributed by atoms with Crippen LogP contribution in [0.5, 0.6) is 0 Å². The summed E-state index contributed by atoms with van der Waals surface area (Å²) in [5, 5.41) is 0.741. The van der Waals surface area contributed by atoms with E-state index in [4.69, 9.17) is 28.9 Å². The van der Waals surface area contributed by atoms with E-state index in [1.165, 1.54) is 0 Å². The standard InChI is InChI=1S/C14H22Cl2N2O2S.ClH/c1-10(2)7-14(3,9-17)18-21(19,20)8-11-4-5-12(15)13(16)6-11;/h4-6,10,18H,7-9,17H2,1-3H3;1H. The van der Waals surface area contributed by atoms with Crippen molar-refractivity contribution in [2.75, 3.05) is 6.54 Å². The topological polar surface area (TPSA) is 72.2 Å². The molecule has 0 aliphatic carbocycles. The summed E-state index contributed by atoms with van der Waals surface area (Å²) in [7, 11) is -3.51. The number of nitrogens with two attached hydrogens (primary N) is 1. The minimum atomic E-state index is -3.51. The van der Waals surface area contributed by atoms with Crippen molar-refractivity contribution in [1.82, 2.24) is 4.72 Å². The monoisotopic (exact) mass is 388 g/mol. The molecule has 1 aromatic rings. The Hall–Kier alpha value is -0.0400. The van der Waals surface area contributed by atoms with Crippen molar-refractivity contribution in [1.29, 1.82) is 0 Å². The summed E-state index contributed by atoms with van der Waals surface area (Å²) in [5.41, 5.74) is 5.67. The van der Waals surface area contributed by atoms with E-state index >= 15 is 0 Å². The first-order valence-electron chi connectivity index (χ1n) is 6.72. The van der Waals surface area contributed by atoms with Crippen molar-refractivity contribution < 1.29 is 8.42 Å². The second-order valence-electron chi connectivity index (χ2n) is 5.97. The summed E-state index contributed by atoms with van der Waals surface area (Å²) in [6, 6.07) is 4.80. The van der Waals surface area contributed by atoms with Gasteiger partial charge in [-0.2, -0.15) is 0 Å². The largest absolute Gasteiger partial charge is 0.329 e. The lowest BCUT2D eigenvalue weighted by Crippen LogP contribution is -2.52. The molecule has 22 heavy (non-hydrogen) atoms. The van der Waals surface area contributed by atoms with Crippen molar-refractivity contribution in [3.8, 4) is 0 Å². The first-order valence-corrected chi connectivity index (χ1v) is 9.13. The van der Waals surface area contributed by atoms with E-state index in [-0.39, 0.29) is 24.7 Å². The molecule has 3 N–H and O–H groups in total. The summed E-state index contributed by atoms with van der Waals surface area (Å²) in [6.07, 6.45) is 0.671. The molecule has 0 bridgehead atoms. The first kappa shape index (κ1) is 22.0. The van der Waals surface area contributed by atoms with Crippen LogP contribution in [0.1, 0.15) is 32.8 Å². The van der Waals surface area contributed by atoms with Crippen LogP contribution in [-0.2, 0) is 15.8 Å². The van der Waals surface area contributed by atoms with Crippen molar-refractivity contribution in [2.24, 2.45) is 11.7 Å². The fourth-order valence-corrected chi connectivity index (χ4v) is 4.26. The number of hydrogen-bond acceptors (Lipinski definition) is 3. The Labute approximate surface area is 149 Å². The van der Waals surface area contributed by atoms with E-state index in [9.17, 15) is 8.42 Å². The lowest BCUT2D eigenvalue weighted by molar-refractivity contribution is 0.344. The van der Waals surface area contributed by atoms with Gasteiger partial charge in [-0.25, -0.2) is 13.1 Å². The van der Waals surface area contributed by atoms with Gasteiger partial charge >= 0.3 is 0 Å². The average molecular weight is 390 g/mol. The number of nitrogens with one attached hydrogen (secondary N) is 1. The second-order valence-corrected chi connectivity index (χ2v) is 8.51. The summed E-state index contributed by atoms with van der Waals surface area (Å²) in [4.78, 5) is 0. The van der Waals surface area contributed by atoms with Gasteiger partial charge in [-0.1, -0.05) is 43.1 Å². The quantitative estimate of drug-likeness (QED) is 0.748. The van der Waals surface area contributed by atoms with Crippen molar-refractivity contribution in [3.05, 3.63) is 33.8 Å². The van der Waals surface area contributed by atoms with Crippen LogP contribution >= 0.6 is 35.6 Å². The van der Waals surface area contributed by atoms with Crippen LogP contribution in [0.2, 0.25) is 10.0 Å². The Bertz CT molecular complexity index is 594. The van der Waals surface area contributed by atoms with Crippen LogP contribution in [0.25, 0.3) is 0 Å². The highest BCUT2D eigenvalue weighted by Gasteiger charge is 2.29. The minimum absolute atomic E-state index is 0. The first-order chi connectivity index (χ1) is 9.57. The zero-order valence-corrected chi connectivity index (χ0v) is 16.0. The van der Waals surface area contributed by atoms with Crippen molar-refractivity contribution in [2.45, 2.75) is 38.5 Å². The molecule has 1 atom stereocenters. The zero-order valence-electron chi connectivity index (χ0n) is 12.9. The smallest absolute Gasteiger partial charge is 0.216 e. The highest BCUT2D eigenvalue weighted by Crippen LogP contribution is 2.24. The van der Waals surface area contributed by atoms with Crippen LogP contribution in [0.3, 0.4) is 0 Å². The van der Waals surface area contributed by atoms with E-state index in [2.05, 4.69) is 4.72 Å². The van der Waals surface area contributed by atoms with E-state index in [0.717, 1.165) is 0 Å². The normalized spacial score (nSPS) is 14.5. The highest BCUT2D eigenvalue weighted by molar-refractivity contribution is 7.88. The van der Waals surface area contributed by atoms with Gasteiger partial charge in [-0.05, 0) is 37.0 Å². The number of hydrogen-bond donors (Lipinski definition) is 2. The van der Waals surface area contributed by atoms with Crippen molar-refractivity contribution in [3.63, 3.8) is 0 Å². The Morgan fingerprint density at radius 2 is 1.86 bits per heavy atom. The molecule has 1 rings (SSSR count). The van der Waals surface area contributed by atoms with Gasteiger partial charge in [0, 0.05) is 12.1 Å². The van der Waals surface area contributed by atoms with Gasteiger partial charge in [-0.15, -0.1) is 12.4 Å². The Balaban J connectivity index is 0.00000441. The molecule has 0 heterocycles. The molecule has 8 heteroatoms. The Morgan fingerprint density at radius 1 is 1.27 bits per heavy atom. The maximum atomic E-state index is 12.3. The molecule has 0 aromatic heterocycles. The lowest BCUT2D eigenvalue weighted by atomic mass is 9.92. The zero-order chi connectivity index (χ0) is 16.3. The molecule has 0 saturated heterocycles. The molecular formula is C14H23Cl3N2O2S. The van der Waals surface area contributed by atoms with Crippen molar-refractivity contribution >= 4 is 45.6 Å². The van der Waals surface area contributed by atoms with Gasteiger partial charge in [0.15, 0.2) is 0 Å². The molecule has 0 saturated carbocycles. The van der Waals surface area contributed by atoms with E-state index in [1.807, 2.05) is 20.8 Å². The fourth-order valence-electron chi connectivity index (χ4n) is 2.33. The lowest BCUT2D eigenvalue weighted by Gasteiger charge is -2.30. The molecule has 0 fully saturated rings. The summed E-state index contributed by atoms with van der Waals surface area (Å²) >= 11 is 11.7. The molecule has 0 amide bonds. The molecular weight excluding hydrogens is 367 g/mol. The van der Waals surface area contributed by atoms with Crippen LogP contribution < -0.4 is 10.5 Å². The third-order valence-electron chi connectivity index (χ3n) is 3.05. The third kappa shape index (κ3) is 7.02. The van der Waals surface area contributed by atoms with Crippen LogP contribution in [0, 0.1) is 5.92 Å². The van der Waals surface area contributed by atoms with Gasteiger partial charge in [-0.3, -0.25) is 0 Å². The van der Waals surface area contributed by atoms with Gasteiger partial charge in [0.1, 0.15) is 0 Å². The fraction of sp³-hybridized carbons (Fsp3) is 0.571. The predicted molar refractivity (Wildman–Crippen MR) is 96.4 cm³/mol. The third-order valence-corrected chi connectivity index (χ3v) is 5.31. The molecule has 0 aliphatic heterocycles. The van der Waals surface area contributed by atoms with Gasteiger partial charge in [0.05, 0.1) is 15.8 Å². The average Bonchev–Trinajstić information content (AvgIpc) is 2.31. The molecule has 0 radical (unpaired) electrons. The van der Waals surface area contributed by atoms with E-state index in [1.54, 1.807) is 18.2 Å². The number of halogens is 3. The molecule has 4 nitrogen and oxygen atoms in total. The highest BCUT2D eigenvalue weighted by atomic mass is 35.5.